The molecule has 1 fully saturated rings. The van der Waals surface area contributed by atoms with Crippen molar-refractivity contribution < 1.29 is 9.52 Å². The van der Waals surface area contributed by atoms with Crippen molar-refractivity contribution in [1.82, 2.24) is 4.90 Å². The number of hydrogen-bond donors (Lipinski definition) is 2. The molecule has 1 aromatic heterocycles. The number of rotatable bonds is 3. The van der Waals surface area contributed by atoms with E-state index in [-0.39, 0.29) is 5.75 Å². The quantitative estimate of drug-likeness (QED) is 0.808. The Morgan fingerprint density at radius 1 is 1.53 bits per heavy atom. The van der Waals surface area contributed by atoms with Crippen LogP contribution < -0.4 is 11.2 Å². The minimum absolute atomic E-state index is 0.345. The molecule has 17 heavy (non-hydrogen) atoms. The van der Waals surface area contributed by atoms with E-state index in [1.165, 1.54) is 12.5 Å². The normalized spacial score (nSPS) is 21.6. The summed E-state index contributed by atoms with van der Waals surface area (Å²) >= 11 is 0. The topological polar surface area (TPSA) is 79.7 Å². The monoisotopic (exact) mass is 238 g/mol. The maximum atomic E-state index is 11.3. The fourth-order valence-electron chi connectivity index (χ4n) is 2.26. The van der Waals surface area contributed by atoms with Gasteiger partial charge in [0, 0.05) is 18.7 Å². The van der Waals surface area contributed by atoms with Crippen LogP contribution in [0.3, 0.4) is 0 Å². The summed E-state index contributed by atoms with van der Waals surface area (Å²) in [6, 6.07) is 1.71. The summed E-state index contributed by atoms with van der Waals surface area (Å²) < 4.78 is 5.20. The lowest BCUT2D eigenvalue weighted by Gasteiger charge is -2.34. The molecule has 0 bridgehead atoms. The summed E-state index contributed by atoms with van der Waals surface area (Å²) in [5, 5.41) is 9.11. The molecule has 1 aliphatic rings. The molecule has 2 rings (SSSR count). The van der Waals surface area contributed by atoms with Crippen LogP contribution >= 0.6 is 0 Å². The van der Waals surface area contributed by atoms with E-state index in [0.29, 0.717) is 24.9 Å². The van der Waals surface area contributed by atoms with Gasteiger partial charge >= 0.3 is 0 Å². The first-order valence-corrected chi connectivity index (χ1v) is 5.95. The maximum absolute atomic E-state index is 11.3. The number of likely N-dealkylation sites (tertiary alicyclic amines) is 1. The summed E-state index contributed by atoms with van der Waals surface area (Å²) in [6.45, 7) is 2.19. The minimum Gasteiger partial charge on any atom is -0.502 e. The second-order valence-electron chi connectivity index (χ2n) is 4.45. The molecule has 1 aromatic rings. The molecule has 0 radical (unpaired) electrons. The molecule has 0 aromatic carbocycles. The Hall–Kier alpha value is -1.33. The second-order valence-corrected chi connectivity index (χ2v) is 4.45. The first-order chi connectivity index (χ1) is 8.20. The third kappa shape index (κ3) is 2.87. The van der Waals surface area contributed by atoms with Gasteiger partial charge in [0.1, 0.15) is 12.0 Å². The fraction of sp³-hybridized carbons (Fsp3) is 0.583. The van der Waals surface area contributed by atoms with Crippen LogP contribution in [0.15, 0.2) is 21.5 Å². The summed E-state index contributed by atoms with van der Waals surface area (Å²) in [5.74, 6) is 0.232. The van der Waals surface area contributed by atoms with Crippen molar-refractivity contribution in [2.24, 2.45) is 5.73 Å². The highest BCUT2D eigenvalue weighted by molar-refractivity contribution is 5.15. The summed E-state index contributed by atoms with van der Waals surface area (Å²) in [5.41, 5.74) is 5.33. The minimum atomic E-state index is -0.396. The molecule has 5 nitrogen and oxygen atoms in total. The zero-order valence-electron chi connectivity index (χ0n) is 9.76. The van der Waals surface area contributed by atoms with Gasteiger partial charge in [-0.2, -0.15) is 0 Å². The van der Waals surface area contributed by atoms with Crippen LogP contribution in [0.1, 0.15) is 25.0 Å². The van der Waals surface area contributed by atoms with Crippen LogP contribution in [0.5, 0.6) is 5.75 Å². The average molecular weight is 238 g/mol. The predicted molar refractivity (Wildman–Crippen MR) is 63.7 cm³/mol. The first kappa shape index (κ1) is 12.1. The molecule has 2 heterocycles. The molecular formula is C12H18N2O3. The van der Waals surface area contributed by atoms with Gasteiger partial charge in [0.15, 0.2) is 5.75 Å². The van der Waals surface area contributed by atoms with E-state index in [1.54, 1.807) is 0 Å². The molecule has 94 valence electrons. The molecular weight excluding hydrogens is 220 g/mol. The average Bonchev–Trinajstić information content (AvgIpc) is 2.34. The SMILES string of the molecule is NCC1CCCCN1Cc1cc(=O)c(O)co1. The highest BCUT2D eigenvalue weighted by Gasteiger charge is 2.21. The smallest absolute Gasteiger partial charge is 0.226 e. The van der Waals surface area contributed by atoms with E-state index in [1.807, 2.05) is 0 Å². The van der Waals surface area contributed by atoms with Gasteiger partial charge in [-0.3, -0.25) is 9.69 Å². The Balaban J connectivity index is 2.08. The number of hydrogen-bond acceptors (Lipinski definition) is 5. The third-order valence-electron chi connectivity index (χ3n) is 3.25. The summed E-state index contributed by atoms with van der Waals surface area (Å²) in [6.07, 6.45) is 4.55. The van der Waals surface area contributed by atoms with Gasteiger partial charge in [-0.25, -0.2) is 0 Å². The Labute approximate surface area is 99.8 Å². The highest BCUT2D eigenvalue weighted by Crippen LogP contribution is 2.18. The Morgan fingerprint density at radius 2 is 2.35 bits per heavy atom. The van der Waals surface area contributed by atoms with Gasteiger partial charge in [-0.05, 0) is 19.4 Å². The molecule has 0 saturated carbocycles. The van der Waals surface area contributed by atoms with E-state index < -0.39 is 5.43 Å². The fourth-order valence-corrected chi connectivity index (χ4v) is 2.26. The van der Waals surface area contributed by atoms with Crippen molar-refractivity contribution in [3.05, 3.63) is 28.3 Å². The Kier molecular flexibility index (Phi) is 3.81. The molecule has 1 unspecified atom stereocenters. The zero-order valence-corrected chi connectivity index (χ0v) is 9.76. The lowest BCUT2D eigenvalue weighted by molar-refractivity contribution is 0.133. The van der Waals surface area contributed by atoms with Crippen molar-refractivity contribution in [1.29, 1.82) is 0 Å². The standard InChI is InChI=1S/C12H18N2O3/c13-6-9-3-1-2-4-14(9)7-10-5-11(15)12(16)8-17-10/h5,8-9,16H,1-4,6-7,13H2. The van der Waals surface area contributed by atoms with Crippen LogP contribution in [0.4, 0.5) is 0 Å². The van der Waals surface area contributed by atoms with E-state index in [2.05, 4.69) is 4.90 Å². The molecule has 0 amide bonds. The van der Waals surface area contributed by atoms with Gasteiger partial charge in [-0.15, -0.1) is 0 Å². The molecule has 3 N–H and O–H groups in total. The van der Waals surface area contributed by atoms with Gasteiger partial charge in [0.25, 0.3) is 0 Å². The molecule has 0 spiro atoms. The Bertz CT molecular complexity index is 430. The van der Waals surface area contributed by atoms with Crippen LogP contribution in [-0.2, 0) is 6.54 Å². The van der Waals surface area contributed by atoms with Crippen molar-refractivity contribution in [2.75, 3.05) is 13.1 Å². The van der Waals surface area contributed by atoms with Crippen molar-refractivity contribution in [2.45, 2.75) is 31.8 Å². The lowest BCUT2D eigenvalue weighted by Crippen LogP contribution is -2.43. The van der Waals surface area contributed by atoms with E-state index in [9.17, 15) is 4.79 Å². The predicted octanol–water partition coefficient (Wildman–Crippen LogP) is 0.659. The van der Waals surface area contributed by atoms with Crippen molar-refractivity contribution in [3.8, 4) is 5.75 Å². The molecule has 1 aliphatic heterocycles. The molecule has 1 atom stereocenters. The van der Waals surface area contributed by atoms with Gasteiger partial charge in [0.2, 0.25) is 5.43 Å². The number of aromatic hydroxyl groups is 1. The second kappa shape index (κ2) is 5.33. The maximum Gasteiger partial charge on any atom is 0.226 e. The van der Waals surface area contributed by atoms with E-state index in [0.717, 1.165) is 25.6 Å². The molecule has 0 aliphatic carbocycles. The lowest BCUT2D eigenvalue weighted by atomic mass is 10.0. The zero-order chi connectivity index (χ0) is 12.3. The van der Waals surface area contributed by atoms with Gasteiger partial charge in [0.05, 0.1) is 6.54 Å². The summed E-state index contributed by atoms with van der Waals surface area (Å²) in [4.78, 5) is 13.5. The number of nitrogens with two attached hydrogens (primary N) is 1. The Morgan fingerprint density at radius 3 is 3.06 bits per heavy atom. The number of piperidine rings is 1. The van der Waals surface area contributed by atoms with Gasteiger partial charge in [-0.1, -0.05) is 6.42 Å². The van der Waals surface area contributed by atoms with Crippen LogP contribution in [0.2, 0.25) is 0 Å². The van der Waals surface area contributed by atoms with Crippen LogP contribution in [0.25, 0.3) is 0 Å². The third-order valence-corrected chi connectivity index (χ3v) is 3.25. The number of nitrogens with zero attached hydrogens (tertiary/aromatic N) is 1. The van der Waals surface area contributed by atoms with Crippen LogP contribution in [-0.4, -0.2) is 29.1 Å². The molecule has 1 saturated heterocycles. The van der Waals surface area contributed by atoms with Gasteiger partial charge < -0.3 is 15.3 Å². The van der Waals surface area contributed by atoms with Crippen molar-refractivity contribution in [3.63, 3.8) is 0 Å². The van der Waals surface area contributed by atoms with Crippen LogP contribution in [0, 0.1) is 0 Å². The van der Waals surface area contributed by atoms with E-state index in [4.69, 9.17) is 15.3 Å². The van der Waals surface area contributed by atoms with E-state index >= 15 is 0 Å². The molecule has 5 heteroatoms. The highest BCUT2D eigenvalue weighted by atomic mass is 16.4. The summed E-state index contributed by atoms with van der Waals surface area (Å²) in [7, 11) is 0. The first-order valence-electron chi connectivity index (χ1n) is 5.95. The largest absolute Gasteiger partial charge is 0.502 e. The van der Waals surface area contributed by atoms with Crippen molar-refractivity contribution >= 4 is 0 Å².